The molecule has 9 rings (SSSR count). The number of aromatic amines is 1. The van der Waals surface area contributed by atoms with Gasteiger partial charge in [-0.2, -0.15) is 35.3 Å². The van der Waals surface area contributed by atoms with Crippen molar-refractivity contribution in [2.45, 2.75) is 241 Å². The Hall–Kier alpha value is -13.9. The van der Waals surface area contributed by atoms with Crippen LogP contribution in [0.5, 0.6) is 0 Å². The maximum absolute atomic E-state index is 16.1. The fourth-order valence-corrected chi connectivity index (χ4v) is 20.6. The minimum atomic E-state index is -2.00. The molecule has 49 nitrogen and oxygen atoms in total. The number of carbonyl (C=O) groups excluding carboxylic acids is 22. The molecule has 26 N–H and O–H groups in total. The van der Waals surface area contributed by atoms with E-state index in [1.807, 2.05) is 0 Å². The van der Waals surface area contributed by atoms with Crippen LogP contribution in [0.25, 0.3) is 10.9 Å². The number of thioether (sulfide) groups is 3. The molecule has 2 aromatic carbocycles. The normalized spacial score (nSPS) is 28.7. The first-order valence-electron chi connectivity index (χ1n) is 48.3. The summed E-state index contributed by atoms with van der Waals surface area (Å²) in [5.74, 6) is -30.8. The van der Waals surface area contributed by atoms with Gasteiger partial charge in [-0.3, -0.25) is 105 Å². The number of nitrogens with two attached hydrogens (primary N) is 2. The third-order valence-corrected chi connectivity index (χ3v) is 29.7. The number of Topliss-reactive ketones (excluding diaryl/α,β-unsaturated/α-hetero) is 1. The zero-order valence-corrected chi connectivity index (χ0v) is 85.3. The van der Waals surface area contributed by atoms with E-state index >= 15 is 43.2 Å². The third-order valence-electron chi connectivity index (χ3n) is 25.9. The number of nitrogens with zero attached hydrogens (tertiary/aromatic N) is 2. The highest BCUT2D eigenvalue weighted by atomic mass is 32.2. The van der Waals surface area contributed by atoms with Gasteiger partial charge in [-0.15, -0.1) is 0 Å². The van der Waals surface area contributed by atoms with E-state index in [1.54, 1.807) is 74.6 Å². The van der Waals surface area contributed by atoms with Gasteiger partial charge in [0.1, 0.15) is 114 Å². The average molecular weight is 2110 g/mol. The Balaban J connectivity index is 1.13. The van der Waals surface area contributed by atoms with Crippen molar-refractivity contribution in [3.8, 4) is 0 Å². The molecule has 1 unspecified atom stereocenters. The number of carboxylic acids is 1. The van der Waals surface area contributed by atoms with Crippen LogP contribution in [-0.4, -0.2) is 335 Å². The van der Waals surface area contributed by atoms with E-state index in [9.17, 15) is 82.4 Å². The lowest BCUT2D eigenvalue weighted by Gasteiger charge is -2.33. The van der Waals surface area contributed by atoms with Crippen molar-refractivity contribution in [3.63, 3.8) is 0 Å². The first-order valence-corrected chi connectivity index (χ1v) is 51.5. The Morgan fingerprint density at radius 3 is 1.82 bits per heavy atom. The number of likely N-dealkylation sites (tertiary alicyclic amines) is 1. The molecular formula is C95H131N23O26S3. The number of aromatic nitrogens is 1. The number of aliphatic carboxylic acids is 1. The van der Waals surface area contributed by atoms with Gasteiger partial charge in [0.05, 0.1) is 38.8 Å². The minimum Gasteiger partial charge on any atom is -0.480 e. The second-order valence-electron chi connectivity index (χ2n) is 36.8. The Bertz CT molecular complexity index is 5550. The van der Waals surface area contributed by atoms with E-state index in [-0.39, 0.29) is 57.4 Å². The highest BCUT2D eigenvalue weighted by Crippen LogP contribution is 2.34. The van der Waals surface area contributed by atoms with Gasteiger partial charge in [-0.1, -0.05) is 121 Å². The maximum atomic E-state index is 16.1. The molecule has 6 aliphatic rings. The predicted octanol–water partition coefficient (Wildman–Crippen LogP) is -6.86. The van der Waals surface area contributed by atoms with Crippen molar-refractivity contribution in [2.75, 3.05) is 62.3 Å². The number of aliphatic hydroxyl groups excluding tert-OH is 2. The van der Waals surface area contributed by atoms with Crippen LogP contribution in [0.15, 0.2) is 96.1 Å². The van der Waals surface area contributed by atoms with Gasteiger partial charge in [0.15, 0.2) is 0 Å². The highest BCUT2D eigenvalue weighted by molar-refractivity contribution is 8.00. The van der Waals surface area contributed by atoms with Gasteiger partial charge in [0.25, 0.3) is 17.7 Å². The summed E-state index contributed by atoms with van der Waals surface area (Å²) in [6, 6.07) is -11.4. The molecule has 800 valence electrons. The molecule has 1 saturated carbocycles. The number of rotatable bonds is 20. The molecule has 21 atom stereocenters. The standard InChI is InChI=1S/C95H131N23O26S3/c1-11-45(7)74(114-78(126)54-26-20-25-53(54)69(121)34-96)90(138)116-76-48(10)146-42-64-86(134)106-60(31-50-35-98-58-27-19-18-24-52(50)58)80(128)100-37-72(124)103-57(14-4)93(141)118-38-51(120)32-68(118)88(136)111-65(43-147-47(9)75(92(140)110-64)115-81(129)55(12-2)102-71(123)36-99-79(127)59(107-91(76)139)30-49-22-16-15-17-23-49)94(142)117-29-21-28-67(117)87(135)109-63-40-145-41-66(95(143)144)112-84(132)62(39-119)108-89(137)73(44(5)6)113-82(130)56(13-3)104-83(131)61(33-70(97)122)105-77(125)46(8)101-85(63)133/h12-19,22-24,27,35,44-48,51,53-54,59-68,73-76,98,119-120H,11,20-21,25-26,28-34,36-43,96H2,1-10H3,(H2,97,122)(H,99,127)(H,100,128)(H,101,133)(H,102,123)(H,103,124)(H,104,131)(H,105,125)(H,106,134)(H,107,139)(H,108,137)(H,109,135)(H,110,140)(H,111,136)(H,112,132)(H,113,130)(H,114,126)(H,115,129)(H,116,138)(H,143,144)/t45-,46-,47-,48-,51+,53?,54+,59-,60-,61-,62-,63+,64-,65-,66-,67-,68-,73-,74-,75+,76+/m0/s1. The molecule has 5 aliphatic heterocycles. The van der Waals surface area contributed by atoms with E-state index in [1.165, 1.54) is 48.5 Å². The number of ketones is 1. The number of carboxylic acid groups (broad SMARTS) is 1. The number of hydrogen-bond donors (Lipinski definition) is 24. The van der Waals surface area contributed by atoms with Gasteiger partial charge in [-0.25, -0.2) is 4.79 Å². The van der Waals surface area contributed by atoms with E-state index in [0.29, 0.717) is 58.4 Å². The number of fused-ring (bicyclic) bond motifs is 5. The number of para-hydroxylation sites is 1. The molecule has 3 aromatic rings. The van der Waals surface area contributed by atoms with Crippen LogP contribution in [-0.2, 0) is 123 Å². The molecule has 6 heterocycles. The van der Waals surface area contributed by atoms with Crippen molar-refractivity contribution in [1.82, 2.24) is 110 Å². The minimum absolute atomic E-state index is 0.0133. The molecule has 0 radical (unpaired) electrons. The third kappa shape index (κ3) is 32.1. The number of allylic oxidation sites excluding steroid dienone is 3. The lowest BCUT2D eigenvalue weighted by atomic mass is 9.90. The van der Waals surface area contributed by atoms with E-state index in [0.717, 1.165) is 46.7 Å². The summed E-state index contributed by atoms with van der Waals surface area (Å²) in [5, 5.41) is 75.3. The van der Waals surface area contributed by atoms with Crippen LogP contribution in [0.2, 0.25) is 0 Å². The summed E-state index contributed by atoms with van der Waals surface area (Å²) >= 11 is 2.04. The smallest absolute Gasteiger partial charge is 0.327 e. The highest BCUT2D eigenvalue weighted by Gasteiger charge is 2.48. The number of aliphatic hydroxyl groups is 2. The molecular weight excluding hydrogens is 1980 g/mol. The fraction of sp³-hybridized carbons (Fsp3) is 0.547. The van der Waals surface area contributed by atoms with E-state index < -0.39 is 340 Å². The molecule has 5 saturated heterocycles. The van der Waals surface area contributed by atoms with Crippen LogP contribution in [0.4, 0.5) is 0 Å². The van der Waals surface area contributed by atoms with Crippen LogP contribution in [0.1, 0.15) is 132 Å². The van der Waals surface area contributed by atoms with E-state index in [2.05, 4.69) is 101 Å². The second-order valence-corrected chi connectivity index (χ2v) is 40.7. The largest absolute Gasteiger partial charge is 0.480 e. The monoisotopic (exact) mass is 2110 g/mol. The Kier molecular flexibility index (Phi) is 43.7. The summed E-state index contributed by atoms with van der Waals surface area (Å²) in [6.45, 7) is 9.99. The first-order chi connectivity index (χ1) is 69.8. The topological polar surface area (TPSA) is 744 Å². The summed E-state index contributed by atoms with van der Waals surface area (Å²) in [4.78, 5) is 340. The zero-order chi connectivity index (χ0) is 108. The van der Waals surface area contributed by atoms with Crippen LogP contribution in [0.3, 0.4) is 0 Å². The maximum Gasteiger partial charge on any atom is 0.327 e. The Morgan fingerprint density at radius 1 is 0.571 bits per heavy atom. The molecule has 52 heteroatoms. The Labute approximate surface area is 858 Å². The van der Waals surface area contributed by atoms with Crippen LogP contribution in [0, 0.1) is 23.7 Å². The quantitative estimate of drug-likeness (QED) is 0.0468. The number of amides is 21. The molecule has 1 aliphatic carbocycles. The number of nitrogens with one attached hydrogen (secondary N) is 19. The lowest BCUT2D eigenvalue weighted by molar-refractivity contribution is -0.143. The van der Waals surface area contributed by atoms with Gasteiger partial charge >= 0.3 is 5.97 Å². The van der Waals surface area contributed by atoms with Crippen molar-refractivity contribution >= 4 is 182 Å². The molecule has 2 bridgehead atoms. The van der Waals surface area contributed by atoms with Crippen molar-refractivity contribution in [2.24, 2.45) is 35.1 Å². The molecule has 21 amide bonds. The van der Waals surface area contributed by atoms with E-state index in [4.69, 9.17) is 11.5 Å². The SMILES string of the molecule is CC=C1NC(=O)CNC(=O)[C@H](Cc2ccccc2)NC(=O)[C@H](NC(=O)[C@@H](NC(=O)[C@@H]2CCCC2C(=O)CN)[C@@H](C)CC)[C@H](C)SC[C@@H]2NC(=O)[C@H](NC1=O)[C@H](C)SC[C@@H](C(=O)N1CCC[C@H]1C(=O)N[C@@H]1CSC[C@@H](C(=O)O)NC(=O)[C@H](CO)NC(=O)[C@H](C(C)C)NC(=O)C(=CC)NC(=O)[C@H](CC(N)=O)NC(=O)[C@H](C)NC1=O)NC(=O)[C@@H]1C[C@@H](O)CN1C(=O)C(=CC)NC(=O)CNC(=O)[C@H](Cc1c[nH]c3ccccc13)NC2=O. The second kappa shape index (κ2) is 55.1. The molecule has 6 fully saturated rings. The summed E-state index contributed by atoms with van der Waals surface area (Å²) in [5.41, 5.74) is 11.2. The number of H-pyrrole nitrogens is 1. The van der Waals surface area contributed by atoms with Gasteiger partial charge in [-0.05, 0) is 82.4 Å². The summed E-state index contributed by atoms with van der Waals surface area (Å²) in [6.07, 6.45) is 2.53. The van der Waals surface area contributed by atoms with Gasteiger partial charge < -0.3 is 137 Å². The fourth-order valence-electron chi connectivity index (χ4n) is 17.3. The van der Waals surface area contributed by atoms with Crippen molar-refractivity contribution in [3.05, 3.63) is 107 Å². The van der Waals surface area contributed by atoms with Gasteiger partial charge in [0.2, 0.25) is 106 Å². The van der Waals surface area contributed by atoms with Crippen LogP contribution >= 0.6 is 35.3 Å². The predicted molar refractivity (Wildman–Crippen MR) is 534 cm³/mol. The lowest BCUT2D eigenvalue weighted by Crippen LogP contribution is -2.61. The van der Waals surface area contributed by atoms with Crippen molar-refractivity contribution in [1.29, 1.82) is 0 Å². The average Bonchev–Trinajstić information content (AvgIpc) is 1.68. The molecule has 0 spiro atoms. The number of hydrogen-bond acceptors (Lipinski definition) is 29. The summed E-state index contributed by atoms with van der Waals surface area (Å²) in [7, 11) is 0. The van der Waals surface area contributed by atoms with Crippen molar-refractivity contribution < 1.29 is 126 Å². The molecule has 1 aromatic heterocycles. The zero-order valence-electron chi connectivity index (χ0n) is 82.9. The van der Waals surface area contributed by atoms with Gasteiger partial charge in [0, 0.05) is 94.8 Å². The molecule has 147 heavy (non-hydrogen) atoms. The first kappa shape index (κ1) is 117. The number of carbonyl (C=O) groups is 23. The Morgan fingerprint density at radius 2 is 1.18 bits per heavy atom. The van der Waals surface area contributed by atoms with Crippen LogP contribution < -0.4 is 107 Å². The summed E-state index contributed by atoms with van der Waals surface area (Å²) < 4.78 is 0. The number of benzene rings is 2. The number of primary amides is 1.